The smallest absolute Gasteiger partial charge is 0.100 e. The van der Waals surface area contributed by atoms with Crippen molar-refractivity contribution in [3.8, 4) is 0 Å². The molecule has 0 aromatic carbocycles. The van der Waals surface area contributed by atoms with Crippen molar-refractivity contribution in [1.82, 2.24) is 9.80 Å². The first-order valence-electron chi connectivity index (χ1n) is 16.5. The van der Waals surface area contributed by atoms with Gasteiger partial charge in [-0.3, -0.25) is 0 Å². The average molecular weight is 491 g/mol. The van der Waals surface area contributed by atoms with Crippen LogP contribution in [-0.4, -0.2) is 29.6 Å². The van der Waals surface area contributed by atoms with E-state index in [1.165, 1.54) is 173 Å². The van der Waals surface area contributed by atoms with E-state index in [4.69, 9.17) is 0 Å². The lowest BCUT2D eigenvalue weighted by atomic mass is 10.0. The molecule has 0 bridgehead atoms. The van der Waals surface area contributed by atoms with Gasteiger partial charge in [0.05, 0.1) is 0 Å². The first-order chi connectivity index (χ1) is 17.3. The SMILES string of the molecule is CCCCCCCCCCCCCCCCN1C=CN(C)C1CCCCCCCCCCCCC. The molecule has 0 aromatic rings. The Bertz CT molecular complexity index is 446. The minimum atomic E-state index is 0.621. The number of unbranched alkanes of at least 4 members (excludes halogenated alkanes) is 23. The van der Waals surface area contributed by atoms with Gasteiger partial charge in [0.2, 0.25) is 0 Å². The molecular formula is C33H66N2. The van der Waals surface area contributed by atoms with E-state index in [-0.39, 0.29) is 0 Å². The van der Waals surface area contributed by atoms with Crippen molar-refractivity contribution in [2.75, 3.05) is 13.6 Å². The molecule has 0 fully saturated rings. The molecule has 1 atom stereocenters. The topological polar surface area (TPSA) is 6.48 Å². The summed E-state index contributed by atoms with van der Waals surface area (Å²) in [5, 5.41) is 0. The molecule has 0 saturated carbocycles. The zero-order valence-corrected chi connectivity index (χ0v) is 24.7. The Labute approximate surface area is 222 Å². The van der Waals surface area contributed by atoms with Crippen LogP contribution in [0.3, 0.4) is 0 Å². The van der Waals surface area contributed by atoms with Crippen molar-refractivity contribution in [2.24, 2.45) is 0 Å². The molecule has 208 valence electrons. The van der Waals surface area contributed by atoms with Gasteiger partial charge in [0.1, 0.15) is 6.17 Å². The van der Waals surface area contributed by atoms with Crippen molar-refractivity contribution >= 4 is 0 Å². The fourth-order valence-electron chi connectivity index (χ4n) is 5.70. The van der Waals surface area contributed by atoms with Crippen molar-refractivity contribution in [2.45, 2.75) is 187 Å². The highest BCUT2D eigenvalue weighted by Crippen LogP contribution is 2.22. The van der Waals surface area contributed by atoms with Crippen LogP contribution in [0.15, 0.2) is 12.4 Å². The highest BCUT2D eigenvalue weighted by Gasteiger charge is 2.22. The summed E-state index contributed by atoms with van der Waals surface area (Å²) in [4.78, 5) is 5.07. The van der Waals surface area contributed by atoms with Crippen molar-refractivity contribution in [3.63, 3.8) is 0 Å². The predicted octanol–water partition coefficient (Wildman–Crippen LogP) is 11.2. The zero-order valence-electron chi connectivity index (χ0n) is 24.7. The van der Waals surface area contributed by atoms with Crippen LogP contribution in [0.1, 0.15) is 181 Å². The summed E-state index contributed by atoms with van der Waals surface area (Å²) < 4.78 is 0. The highest BCUT2D eigenvalue weighted by molar-refractivity contribution is 4.95. The second-order valence-corrected chi connectivity index (χ2v) is 11.6. The summed E-state index contributed by atoms with van der Waals surface area (Å²) in [6.07, 6.45) is 42.6. The zero-order chi connectivity index (χ0) is 25.2. The van der Waals surface area contributed by atoms with Crippen molar-refractivity contribution < 1.29 is 0 Å². The average Bonchev–Trinajstić information content (AvgIpc) is 3.21. The van der Waals surface area contributed by atoms with E-state index >= 15 is 0 Å². The molecule has 2 nitrogen and oxygen atoms in total. The van der Waals surface area contributed by atoms with Crippen molar-refractivity contribution in [3.05, 3.63) is 12.4 Å². The van der Waals surface area contributed by atoms with Crippen LogP contribution in [0.5, 0.6) is 0 Å². The minimum absolute atomic E-state index is 0.621. The van der Waals surface area contributed by atoms with Gasteiger partial charge in [0.25, 0.3) is 0 Å². The maximum atomic E-state index is 2.62. The molecule has 0 amide bonds. The molecule has 0 radical (unpaired) electrons. The highest BCUT2D eigenvalue weighted by atomic mass is 15.4. The van der Waals surface area contributed by atoms with E-state index < -0.39 is 0 Å². The summed E-state index contributed by atoms with van der Waals surface area (Å²) in [7, 11) is 2.27. The molecule has 2 heteroatoms. The minimum Gasteiger partial charge on any atom is -0.359 e. The van der Waals surface area contributed by atoms with Gasteiger partial charge < -0.3 is 9.80 Å². The van der Waals surface area contributed by atoms with E-state index in [0.717, 1.165) is 0 Å². The monoisotopic (exact) mass is 491 g/mol. The van der Waals surface area contributed by atoms with Gasteiger partial charge in [0, 0.05) is 26.0 Å². The van der Waals surface area contributed by atoms with Crippen LogP contribution in [0.4, 0.5) is 0 Å². The Balaban J connectivity index is 1.90. The fraction of sp³-hybridized carbons (Fsp3) is 0.939. The summed E-state index contributed by atoms with van der Waals surface area (Å²) >= 11 is 0. The Morgan fingerprint density at radius 3 is 1.17 bits per heavy atom. The Morgan fingerprint density at radius 2 is 0.771 bits per heavy atom. The maximum absolute atomic E-state index is 2.62. The summed E-state index contributed by atoms with van der Waals surface area (Å²) in [6.45, 7) is 5.86. The van der Waals surface area contributed by atoms with Crippen LogP contribution in [-0.2, 0) is 0 Å². The third-order valence-corrected chi connectivity index (χ3v) is 8.18. The molecule has 1 aliphatic heterocycles. The summed E-state index contributed by atoms with van der Waals surface area (Å²) in [6, 6.07) is 0. The van der Waals surface area contributed by atoms with Crippen LogP contribution < -0.4 is 0 Å². The van der Waals surface area contributed by atoms with Gasteiger partial charge in [-0.25, -0.2) is 0 Å². The number of rotatable bonds is 27. The summed E-state index contributed by atoms with van der Waals surface area (Å²) in [5.41, 5.74) is 0. The largest absolute Gasteiger partial charge is 0.359 e. The molecule has 0 spiro atoms. The third kappa shape index (κ3) is 19.2. The number of hydrogen-bond donors (Lipinski definition) is 0. The molecule has 0 N–H and O–H groups in total. The Morgan fingerprint density at radius 1 is 0.429 bits per heavy atom. The van der Waals surface area contributed by atoms with Gasteiger partial charge in [-0.05, 0) is 19.3 Å². The van der Waals surface area contributed by atoms with Gasteiger partial charge in [-0.15, -0.1) is 0 Å². The third-order valence-electron chi connectivity index (χ3n) is 8.18. The first kappa shape index (κ1) is 32.4. The van der Waals surface area contributed by atoms with Crippen LogP contribution in [0.2, 0.25) is 0 Å². The Hall–Kier alpha value is -0.660. The standard InChI is InChI=1S/C33H66N2/c1-4-6-8-10-12-14-16-17-18-20-22-24-26-28-30-35-32-31-34(3)33(35)29-27-25-23-21-19-15-13-11-9-7-5-2/h31-33H,4-30H2,1-3H3. The Kier molecular flexibility index (Phi) is 23.1. The normalized spacial score (nSPS) is 15.6. The van der Waals surface area contributed by atoms with Crippen LogP contribution in [0.25, 0.3) is 0 Å². The number of nitrogens with zero attached hydrogens (tertiary/aromatic N) is 2. The molecule has 1 unspecified atom stereocenters. The molecule has 0 aliphatic carbocycles. The van der Waals surface area contributed by atoms with E-state index in [0.29, 0.717) is 6.17 Å². The van der Waals surface area contributed by atoms with Gasteiger partial charge in [0.15, 0.2) is 0 Å². The quantitative estimate of drug-likeness (QED) is 0.106. The summed E-state index contributed by atoms with van der Waals surface area (Å²) in [5.74, 6) is 0. The first-order valence-corrected chi connectivity index (χ1v) is 16.5. The van der Waals surface area contributed by atoms with Crippen LogP contribution >= 0.6 is 0 Å². The van der Waals surface area contributed by atoms with Gasteiger partial charge >= 0.3 is 0 Å². The molecule has 1 aliphatic rings. The lowest BCUT2D eigenvalue weighted by Gasteiger charge is -2.30. The molecule has 1 heterocycles. The van der Waals surface area contributed by atoms with E-state index in [9.17, 15) is 0 Å². The molecule has 0 aromatic heterocycles. The molecule has 1 rings (SSSR count). The molecular weight excluding hydrogens is 424 g/mol. The molecule has 0 saturated heterocycles. The van der Waals surface area contributed by atoms with E-state index in [2.05, 4.69) is 43.1 Å². The second kappa shape index (κ2) is 25.0. The second-order valence-electron chi connectivity index (χ2n) is 11.6. The van der Waals surface area contributed by atoms with Crippen LogP contribution in [0, 0.1) is 0 Å². The predicted molar refractivity (Wildman–Crippen MR) is 159 cm³/mol. The van der Waals surface area contributed by atoms with Gasteiger partial charge in [-0.1, -0.05) is 162 Å². The fourth-order valence-corrected chi connectivity index (χ4v) is 5.70. The number of hydrogen-bond acceptors (Lipinski definition) is 2. The molecule has 35 heavy (non-hydrogen) atoms. The van der Waals surface area contributed by atoms with E-state index in [1.54, 1.807) is 0 Å². The lowest BCUT2D eigenvalue weighted by Crippen LogP contribution is -2.37. The van der Waals surface area contributed by atoms with E-state index in [1.807, 2.05) is 0 Å². The lowest BCUT2D eigenvalue weighted by molar-refractivity contribution is 0.159. The van der Waals surface area contributed by atoms with Gasteiger partial charge in [-0.2, -0.15) is 0 Å². The van der Waals surface area contributed by atoms with Crippen molar-refractivity contribution in [1.29, 1.82) is 0 Å². The maximum Gasteiger partial charge on any atom is 0.100 e.